The van der Waals surface area contributed by atoms with Crippen molar-refractivity contribution in [3.05, 3.63) is 84.6 Å². The van der Waals surface area contributed by atoms with Gasteiger partial charge in [-0.2, -0.15) is 0 Å². The second-order valence-corrected chi connectivity index (χ2v) is 12.3. The van der Waals surface area contributed by atoms with E-state index in [9.17, 15) is 4.79 Å². The monoisotopic (exact) mass is 586 g/mol. The van der Waals surface area contributed by atoms with Crippen LogP contribution < -0.4 is 20.7 Å². The molecule has 0 spiro atoms. The summed E-state index contributed by atoms with van der Waals surface area (Å²) in [4.78, 5) is 21.9. The highest BCUT2D eigenvalue weighted by Crippen LogP contribution is 2.32. The minimum atomic E-state index is -0.340. The molecule has 1 unspecified atom stereocenters. The average Bonchev–Trinajstić information content (AvgIpc) is 2.97. The number of carbonyl (C=O) groups is 1. The largest absolute Gasteiger partial charge is 0.492 e. The molecule has 1 fully saturated rings. The third-order valence-corrected chi connectivity index (χ3v) is 7.25. The van der Waals surface area contributed by atoms with Crippen LogP contribution in [0.3, 0.4) is 0 Å². The highest BCUT2D eigenvalue weighted by Gasteiger charge is 2.23. The lowest BCUT2D eigenvalue weighted by Gasteiger charge is -2.35. The normalized spacial score (nSPS) is 16.0. The smallest absolute Gasteiger partial charge is 0.324 e. The average molecular weight is 587 g/mol. The number of allylic oxidation sites excluding steroid dienone is 1. The number of hydrogen-bond acceptors (Lipinski definition) is 7. The fourth-order valence-corrected chi connectivity index (χ4v) is 4.70. The Balaban J connectivity index is 1.41. The summed E-state index contributed by atoms with van der Waals surface area (Å²) in [6.45, 7) is 16.2. The van der Waals surface area contributed by atoms with Crippen LogP contribution in [0.15, 0.2) is 78.9 Å². The Kier molecular flexibility index (Phi) is 10.7. The number of benzene rings is 2. The molecule has 1 atom stereocenters. The molecule has 4 rings (SSSR count). The van der Waals surface area contributed by atoms with Gasteiger partial charge in [0.2, 0.25) is 0 Å². The van der Waals surface area contributed by atoms with Gasteiger partial charge in [-0.05, 0) is 49.1 Å². The highest BCUT2D eigenvalue weighted by atomic mass is 16.5. The van der Waals surface area contributed by atoms with Crippen molar-refractivity contribution in [2.45, 2.75) is 40.2 Å². The number of pyridine rings is 1. The second kappa shape index (κ2) is 14.4. The Morgan fingerprint density at radius 3 is 2.60 bits per heavy atom. The van der Waals surface area contributed by atoms with E-state index in [0.29, 0.717) is 24.7 Å². The van der Waals surface area contributed by atoms with E-state index in [1.54, 1.807) is 6.20 Å². The van der Waals surface area contributed by atoms with Gasteiger partial charge in [0.1, 0.15) is 24.3 Å². The van der Waals surface area contributed by atoms with E-state index in [0.717, 1.165) is 59.7 Å². The van der Waals surface area contributed by atoms with E-state index < -0.39 is 0 Å². The van der Waals surface area contributed by atoms with Crippen molar-refractivity contribution in [2.75, 3.05) is 57.6 Å². The number of hydrogen-bond donors (Lipinski definition) is 3. The lowest BCUT2D eigenvalue weighted by molar-refractivity contribution is -0.0215. The molecule has 3 aromatic rings. The van der Waals surface area contributed by atoms with Crippen molar-refractivity contribution in [1.82, 2.24) is 20.1 Å². The molecule has 230 valence electrons. The number of ether oxygens (including phenoxy) is 2. The topological polar surface area (TPSA) is 91.0 Å². The Bertz CT molecular complexity index is 1430. The van der Waals surface area contributed by atoms with Gasteiger partial charge in [-0.3, -0.25) is 15.2 Å². The minimum absolute atomic E-state index is 0.00587. The van der Waals surface area contributed by atoms with E-state index >= 15 is 0 Å². The number of fused-ring (bicyclic) bond motifs is 1. The summed E-state index contributed by atoms with van der Waals surface area (Å²) in [6.07, 6.45) is 4.53. The number of nitrogens with zero attached hydrogens (tertiary/aromatic N) is 3. The maximum absolute atomic E-state index is 13.2. The third-order valence-electron chi connectivity index (χ3n) is 7.25. The van der Waals surface area contributed by atoms with Gasteiger partial charge in [-0.1, -0.05) is 51.6 Å². The minimum Gasteiger partial charge on any atom is -0.492 e. The van der Waals surface area contributed by atoms with Crippen LogP contribution >= 0.6 is 0 Å². The molecule has 2 heterocycles. The van der Waals surface area contributed by atoms with Gasteiger partial charge >= 0.3 is 6.03 Å². The quantitative estimate of drug-likeness (QED) is 0.246. The number of morpholine rings is 1. The number of nitrogens with one attached hydrogen (secondary N) is 3. The molecule has 2 amide bonds. The number of aryl methyl sites for hydroxylation is 1. The lowest BCUT2D eigenvalue weighted by Crippen LogP contribution is -2.46. The summed E-state index contributed by atoms with van der Waals surface area (Å²) in [6, 6.07) is 15.3. The van der Waals surface area contributed by atoms with Gasteiger partial charge in [0.25, 0.3) is 0 Å². The highest BCUT2D eigenvalue weighted by molar-refractivity contribution is 6.04. The Morgan fingerprint density at radius 1 is 1.14 bits per heavy atom. The molecular formula is C34H46N6O3. The van der Waals surface area contributed by atoms with E-state index in [1.807, 2.05) is 80.5 Å². The summed E-state index contributed by atoms with van der Waals surface area (Å²) in [7, 11) is 3.98. The first-order valence-electron chi connectivity index (χ1n) is 14.8. The van der Waals surface area contributed by atoms with Crippen LogP contribution in [0.1, 0.15) is 32.9 Å². The van der Waals surface area contributed by atoms with E-state index in [2.05, 4.69) is 53.2 Å². The molecule has 43 heavy (non-hydrogen) atoms. The molecule has 2 aromatic carbocycles. The van der Waals surface area contributed by atoms with Gasteiger partial charge < -0.3 is 25.0 Å². The Hall–Kier alpha value is -4.08. The lowest BCUT2D eigenvalue weighted by atomic mass is 9.92. The zero-order valence-electron chi connectivity index (χ0n) is 26.4. The number of aromatic nitrogens is 1. The van der Waals surface area contributed by atoms with Crippen LogP contribution in [-0.4, -0.2) is 73.9 Å². The van der Waals surface area contributed by atoms with Crippen LogP contribution in [0.2, 0.25) is 0 Å². The first-order valence-corrected chi connectivity index (χ1v) is 14.8. The standard InChI is InChI=1S/C34H46N6O3/c1-24-12-13-26(22-35-24)36-32(16-17-34(3,4)5)38-33(41)37-29-14-15-30(28-11-9-8-10-27(28)29)42-20-18-40-19-21-43-31(23-40)25(2)39(6)7/h8-16,22,31,36H,2,17-21,23H2,1,3-7H3,(H2,37,38,41)/b32-16+. The third kappa shape index (κ3) is 9.46. The molecule has 0 radical (unpaired) electrons. The molecule has 9 heteroatoms. The molecule has 1 aromatic heterocycles. The molecule has 1 aliphatic heterocycles. The van der Waals surface area contributed by atoms with Crippen LogP contribution in [0, 0.1) is 12.3 Å². The van der Waals surface area contributed by atoms with Crippen molar-refractivity contribution >= 4 is 28.2 Å². The maximum Gasteiger partial charge on any atom is 0.324 e. The maximum atomic E-state index is 13.2. The molecule has 1 aliphatic rings. The van der Waals surface area contributed by atoms with Gasteiger partial charge in [0.15, 0.2) is 0 Å². The zero-order chi connectivity index (χ0) is 31.0. The van der Waals surface area contributed by atoms with E-state index in [4.69, 9.17) is 9.47 Å². The fourth-order valence-electron chi connectivity index (χ4n) is 4.70. The van der Waals surface area contributed by atoms with E-state index in [-0.39, 0.29) is 17.6 Å². The van der Waals surface area contributed by atoms with Crippen molar-refractivity contribution in [3.8, 4) is 5.75 Å². The number of urea groups is 1. The van der Waals surface area contributed by atoms with Crippen LogP contribution in [0.25, 0.3) is 10.8 Å². The number of carbonyl (C=O) groups excluding carboxylic acids is 1. The van der Waals surface area contributed by atoms with Crippen LogP contribution in [0.4, 0.5) is 16.2 Å². The Labute approximate surface area is 255 Å². The van der Waals surface area contributed by atoms with Gasteiger partial charge in [0.05, 0.1) is 24.2 Å². The molecule has 3 N–H and O–H groups in total. The van der Waals surface area contributed by atoms with Crippen molar-refractivity contribution in [2.24, 2.45) is 5.41 Å². The number of anilines is 2. The number of amides is 2. The first kappa shape index (κ1) is 31.8. The van der Waals surface area contributed by atoms with Gasteiger partial charge in [-0.15, -0.1) is 0 Å². The number of likely N-dealkylation sites (N-methyl/N-ethyl adjacent to an activating group) is 1. The van der Waals surface area contributed by atoms with Crippen LogP contribution in [-0.2, 0) is 4.74 Å². The van der Waals surface area contributed by atoms with Crippen molar-refractivity contribution < 1.29 is 14.3 Å². The molecule has 0 saturated carbocycles. The molecule has 0 bridgehead atoms. The second-order valence-electron chi connectivity index (χ2n) is 12.3. The predicted octanol–water partition coefficient (Wildman–Crippen LogP) is 6.21. The summed E-state index contributed by atoms with van der Waals surface area (Å²) >= 11 is 0. The molecular weight excluding hydrogens is 540 g/mol. The van der Waals surface area contributed by atoms with Gasteiger partial charge in [-0.25, -0.2) is 4.79 Å². The van der Waals surface area contributed by atoms with Crippen LogP contribution in [0.5, 0.6) is 5.75 Å². The summed E-state index contributed by atoms with van der Waals surface area (Å²) in [5, 5.41) is 11.2. The molecule has 0 aliphatic carbocycles. The predicted molar refractivity (Wildman–Crippen MR) is 175 cm³/mol. The molecule has 1 saturated heterocycles. The van der Waals surface area contributed by atoms with Crippen molar-refractivity contribution in [1.29, 1.82) is 0 Å². The molecule has 9 nitrogen and oxygen atoms in total. The summed E-state index contributed by atoms with van der Waals surface area (Å²) in [5.74, 6) is 1.38. The summed E-state index contributed by atoms with van der Waals surface area (Å²) < 4.78 is 12.2. The Morgan fingerprint density at radius 2 is 1.91 bits per heavy atom. The summed E-state index contributed by atoms with van der Waals surface area (Å²) in [5.41, 5.74) is 3.46. The van der Waals surface area contributed by atoms with Gasteiger partial charge in [0, 0.05) is 55.9 Å². The first-order chi connectivity index (χ1) is 20.5. The SMILES string of the molecule is C=C(C1CN(CCOc2ccc(NC(=O)N/C(=C/CC(C)(C)C)Nc3ccc(C)nc3)c3ccccc23)CCO1)N(C)C. The number of rotatable bonds is 11. The van der Waals surface area contributed by atoms with E-state index in [1.165, 1.54) is 0 Å². The fraction of sp³-hybridized carbons (Fsp3) is 0.412. The van der Waals surface area contributed by atoms with Crippen molar-refractivity contribution in [3.63, 3.8) is 0 Å². The zero-order valence-corrected chi connectivity index (χ0v) is 26.4.